The Bertz CT molecular complexity index is 452. The summed E-state index contributed by atoms with van der Waals surface area (Å²) in [6.07, 6.45) is 6.96. The van der Waals surface area contributed by atoms with Crippen molar-refractivity contribution in [1.82, 2.24) is 20.5 Å². The topological polar surface area (TPSA) is 96.7 Å². The second kappa shape index (κ2) is 6.75. The Hall–Kier alpha value is -1.14. The van der Waals surface area contributed by atoms with E-state index in [1.165, 1.54) is 25.6 Å². The number of nitrogens with zero attached hydrogens (tertiary/aromatic N) is 2. The fourth-order valence-corrected chi connectivity index (χ4v) is 3.83. The molecule has 1 heterocycles. The molecule has 3 atom stereocenters. The van der Waals surface area contributed by atoms with Crippen LogP contribution >= 0.6 is 12.4 Å². The molecular formula is C14H24ClN5O. The average Bonchev–Trinajstić information content (AvgIpc) is 2.92. The fraction of sp³-hybridized carbons (Fsp3) is 0.786. The maximum Gasteiger partial charge on any atom is 0.223 e. The minimum atomic E-state index is -0.125. The Morgan fingerprint density at radius 1 is 1.43 bits per heavy atom. The van der Waals surface area contributed by atoms with Crippen LogP contribution in [-0.2, 0) is 4.79 Å². The molecule has 0 aromatic carbocycles. The van der Waals surface area contributed by atoms with Crippen molar-refractivity contribution < 1.29 is 4.79 Å². The summed E-state index contributed by atoms with van der Waals surface area (Å²) in [6.45, 7) is 1.92. The van der Waals surface area contributed by atoms with Gasteiger partial charge in [-0.15, -0.1) is 12.4 Å². The number of halogens is 1. The minimum Gasteiger partial charge on any atom is -0.346 e. The van der Waals surface area contributed by atoms with E-state index in [0.717, 1.165) is 12.8 Å². The zero-order valence-corrected chi connectivity index (χ0v) is 13.1. The first kappa shape index (κ1) is 16.2. The maximum absolute atomic E-state index is 12.4. The SMILES string of the molecule is CC(NC(=O)C1CC2CCCC(C1)C2N)c1ncn[nH]1.Cl. The molecule has 3 rings (SSSR count). The van der Waals surface area contributed by atoms with Gasteiger partial charge in [0.2, 0.25) is 5.91 Å². The molecule has 3 unspecified atom stereocenters. The van der Waals surface area contributed by atoms with Gasteiger partial charge in [0.1, 0.15) is 12.2 Å². The molecular weight excluding hydrogens is 290 g/mol. The number of carbonyl (C=O) groups is 1. The van der Waals surface area contributed by atoms with Crippen LogP contribution in [0.2, 0.25) is 0 Å². The number of nitrogens with one attached hydrogen (secondary N) is 2. The second-order valence-electron chi connectivity index (χ2n) is 6.30. The van der Waals surface area contributed by atoms with Gasteiger partial charge in [-0.05, 0) is 44.4 Å². The zero-order chi connectivity index (χ0) is 14.1. The summed E-state index contributed by atoms with van der Waals surface area (Å²) in [5.74, 6) is 2.00. The number of H-pyrrole nitrogens is 1. The van der Waals surface area contributed by atoms with Crippen LogP contribution in [0.1, 0.15) is 50.9 Å². The van der Waals surface area contributed by atoms with E-state index >= 15 is 0 Å². The Kier molecular flexibility index (Phi) is 5.22. The fourth-order valence-electron chi connectivity index (χ4n) is 3.83. The molecule has 0 aliphatic heterocycles. The molecule has 21 heavy (non-hydrogen) atoms. The minimum absolute atomic E-state index is 0. The quantitative estimate of drug-likeness (QED) is 0.789. The number of amides is 1. The highest BCUT2D eigenvalue weighted by Gasteiger charge is 2.40. The first-order chi connectivity index (χ1) is 9.65. The van der Waals surface area contributed by atoms with E-state index < -0.39 is 0 Å². The number of carbonyl (C=O) groups excluding carboxylic acids is 1. The predicted octanol–water partition coefficient (Wildman–Crippen LogP) is 1.56. The lowest BCUT2D eigenvalue weighted by Crippen LogP contribution is -2.49. The van der Waals surface area contributed by atoms with E-state index in [0.29, 0.717) is 23.7 Å². The predicted molar refractivity (Wildman–Crippen MR) is 81.7 cm³/mol. The maximum atomic E-state index is 12.4. The third-order valence-corrected chi connectivity index (χ3v) is 4.99. The van der Waals surface area contributed by atoms with Crippen molar-refractivity contribution in [3.8, 4) is 0 Å². The van der Waals surface area contributed by atoms with Crippen molar-refractivity contribution >= 4 is 18.3 Å². The molecule has 4 N–H and O–H groups in total. The highest BCUT2D eigenvalue weighted by atomic mass is 35.5. The lowest BCUT2D eigenvalue weighted by molar-refractivity contribution is -0.128. The normalized spacial score (nSPS) is 32.9. The Morgan fingerprint density at radius 2 is 2.10 bits per heavy atom. The van der Waals surface area contributed by atoms with Crippen LogP contribution in [0.25, 0.3) is 0 Å². The number of nitrogens with two attached hydrogens (primary N) is 1. The molecule has 2 saturated carbocycles. The van der Waals surface area contributed by atoms with Crippen molar-refractivity contribution in [3.63, 3.8) is 0 Å². The van der Waals surface area contributed by atoms with Gasteiger partial charge >= 0.3 is 0 Å². The number of hydrogen-bond acceptors (Lipinski definition) is 4. The van der Waals surface area contributed by atoms with Crippen LogP contribution in [0.3, 0.4) is 0 Å². The first-order valence-electron chi connectivity index (χ1n) is 7.56. The van der Waals surface area contributed by atoms with E-state index in [1.807, 2.05) is 6.92 Å². The molecule has 1 aromatic rings. The molecule has 0 saturated heterocycles. The molecule has 118 valence electrons. The van der Waals surface area contributed by atoms with Gasteiger partial charge in [-0.1, -0.05) is 6.42 Å². The van der Waals surface area contributed by atoms with E-state index in [9.17, 15) is 4.79 Å². The van der Waals surface area contributed by atoms with Gasteiger partial charge < -0.3 is 11.1 Å². The van der Waals surface area contributed by atoms with Crippen molar-refractivity contribution in [3.05, 3.63) is 12.2 Å². The highest BCUT2D eigenvalue weighted by molar-refractivity contribution is 5.85. The molecule has 2 aliphatic rings. The van der Waals surface area contributed by atoms with Gasteiger partial charge in [0, 0.05) is 12.0 Å². The molecule has 1 amide bonds. The van der Waals surface area contributed by atoms with E-state index in [4.69, 9.17) is 5.73 Å². The van der Waals surface area contributed by atoms with E-state index in [2.05, 4.69) is 20.5 Å². The first-order valence-corrected chi connectivity index (χ1v) is 7.56. The largest absolute Gasteiger partial charge is 0.346 e. The smallest absolute Gasteiger partial charge is 0.223 e. The molecule has 6 nitrogen and oxygen atoms in total. The number of aromatic nitrogens is 3. The Morgan fingerprint density at radius 3 is 2.67 bits per heavy atom. The summed E-state index contributed by atoms with van der Waals surface area (Å²) < 4.78 is 0. The standard InChI is InChI=1S/C14H23N5O.ClH/c1-8(13-16-7-17-19-13)18-14(20)11-5-9-3-2-4-10(6-11)12(9)15;/h7-12H,2-6,15H2,1H3,(H,18,20)(H,16,17,19);1H. The summed E-state index contributed by atoms with van der Waals surface area (Å²) in [6, 6.07) is 0.180. The van der Waals surface area contributed by atoms with Crippen LogP contribution in [0.15, 0.2) is 6.33 Å². The highest BCUT2D eigenvalue weighted by Crippen LogP contribution is 2.42. The van der Waals surface area contributed by atoms with Gasteiger partial charge in [0.05, 0.1) is 6.04 Å². The number of rotatable bonds is 3. The molecule has 7 heteroatoms. The van der Waals surface area contributed by atoms with Crippen molar-refractivity contribution in [1.29, 1.82) is 0 Å². The van der Waals surface area contributed by atoms with Crippen LogP contribution in [0.5, 0.6) is 0 Å². The molecule has 2 aliphatic carbocycles. The van der Waals surface area contributed by atoms with E-state index in [-0.39, 0.29) is 30.3 Å². The molecule has 2 bridgehead atoms. The van der Waals surface area contributed by atoms with Crippen molar-refractivity contribution in [2.45, 2.75) is 51.1 Å². The molecule has 0 radical (unpaired) electrons. The van der Waals surface area contributed by atoms with Gasteiger partial charge in [-0.3, -0.25) is 9.89 Å². The monoisotopic (exact) mass is 313 g/mol. The second-order valence-corrected chi connectivity index (χ2v) is 6.30. The Labute approximate surface area is 131 Å². The number of hydrogen-bond donors (Lipinski definition) is 3. The lowest BCUT2D eigenvalue weighted by atomic mass is 9.65. The van der Waals surface area contributed by atoms with Crippen molar-refractivity contribution in [2.75, 3.05) is 0 Å². The van der Waals surface area contributed by atoms with Gasteiger partial charge in [-0.2, -0.15) is 5.10 Å². The van der Waals surface area contributed by atoms with Crippen LogP contribution < -0.4 is 11.1 Å². The van der Waals surface area contributed by atoms with Gasteiger partial charge in [-0.25, -0.2) is 4.98 Å². The summed E-state index contributed by atoms with van der Waals surface area (Å²) in [5, 5.41) is 9.65. The third-order valence-electron chi connectivity index (χ3n) is 4.99. The molecule has 1 aromatic heterocycles. The van der Waals surface area contributed by atoms with Crippen LogP contribution in [0, 0.1) is 17.8 Å². The Balaban J connectivity index is 0.00000161. The molecule has 0 spiro atoms. The van der Waals surface area contributed by atoms with Crippen LogP contribution in [-0.4, -0.2) is 27.1 Å². The summed E-state index contributed by atoms with van der Waals surface area (Å²) in [5.41, 5.74) is 6.27. The lowest BCUT2D eigenvalue weighted by Gasteiger charge is -2.43. The average molecular weight is 314 g/mol. The van der Waals surface area contributed by atoms with E-state index in [1.54, 1.807) is 0 Å². The van der Waals surface area contributed by atoms with Crippen molar-refractivity contribution in [2.24, 2.45) is 23.5 Å². The summed E-state index contributed by atoms with van der Waals surface area (Å²) in [4.78, 5) is 16.5. The summed E-state index contributed by atoms with van der Waals surface area (Å²) in [7, 11) is 0. The summed E-state index contributed by atoms with van der Waals surface area (Å²) >= 11 is 0. The van der Waals surface area contributed by atoms with Crippen LogP contribution in [0.4, 0.5) is 0 Å². The molecule has 2 fully saturated rings. The zero-order valence-electron chi connectivity index (χ0n) is 12.3. The van der Waals surface area contributed by atoms with Gasteiger partial charge in [0.25, 0.3) is 0 Å². The number of fused-ring (bicyclic) bond motifs is 2. The number of aromatic amines is 1. The third kappa shape index (κ3) is 3.37. The van der Waals surface area contributed by atoms with Gasteiger partial charge in [0.15, 0.2) is 0 Å².